The summed E-state index contributed by atoms with van der Waals surface area (Å²) in [6, 6.07) is 2.35. The molecular weight excluding hydrogens is 841 g/mol. The molecule has 11 nitrogen and oxygen atoms in total. The molecule has 0 N–H and O–H groups in total. The maximum Gasteiger partial charge on any atom is 0.410 e. The maximum absolute atomic E-state index is 13.4. The number of halogens is 1. The summed E-state index contributed by atoms with van der Waals surface area (Å²) >= 11 is 5.74. The summed E-state index contributed by atoms with van der Waals surface area (Å²) in [7, 11) is -4.54. The van der Waals surface area contributed by atoms with Crippen molar-refractivity contribution in [1.29, 1.82) is 0 Å². The first kappa shape index (κ1) is 45.4. The van der Waals surface area contributed by atoms with Crippen LogP contribution in [0.15, 0.2) is 16.9 Å². The summed E-state index contributed by atoms with van der Waals surface area (Å²) in [5, 5.41) is 6.07. The average Bonchev–Trinajstić information content (AvgIpc) is 3.76. The van der Waals surface area contributed by atoms with Crippen LogP contribution in [0.5, 0.6) is 0 Å². The van der Waals surface area contributed by atoms with Crippen molar-refractivity contribution in [2.24, 2.45) is 0 Å². The van der Waals surface area contributed by atoms with E-state index < -0.39 is 30.1 Å². The maximum atomic E-state index is 13.4. The summed E-state index contributed by atoms with van der Waals surface area (Å²) in [5.74, 6) is 0.995. The standard InChI is InChI=1S/C40H69BrN6O5SSi3/c1-39(2,3)52-38(48)46-29-15-16-30(46)22-28(21-29)35-34(41)37(45(26-49-17-19-54(7,8)9)27-50-18-20-55(10,11)12)47-36(44-35)31(23-43-47)32-24-42-33(53-32)25-51-56(13,14)40(4,5)6/h23-24,28-30H,15-22,25-27H2,1-14H3. The lowest BCUT2D eigenvalue weighted by molar-refractivity contribution is 0.00566. The highest BCUT2D eigenvalue weighted by atomic mass is 79.9. The Morgan fingerprint density at radius 3 is 2.00 bits per heavy atom. The topological polar surface area (TPSA) is 104 Å². The van der Waals surface area contributed by atoms with E-state index in [9.17, 15) is 4.79 Å². The van der Waals surface area contributed by atoms with Crippen molar-refractivity contribution in [3.05, 3.63) is 27.6 Å². The molecular formula is C40H69BrN6O5SSi3. The van der Waals surface area contributed by atoms with Gasteiger partial charge in [-0.3, -0.25) is 0 Å². The summed E-state index contributed by atoms with van der Waals surface area (Å²) < 4.78 is 28.2. The molecule has 0 radical (unpaired) electrons. The van der Waals surface area contributed by atoms with E-state index in [1.807, 2.05) is 42.6 Å². The third-order valence-corrected chi connectivity index (χ3v) is 20.9. The molecule has 0 spiro atoms. The van der Waals surface area contributed by atoms with Gasteiger partial charge in [0.05, 0.1) is 33.4 Å². The molecule has 314 valence electrons. The molecule has 5 rings (SSSR count). The first-order chi connectivity index (χ1) is 25.8. The molecule has 2 saturated heterocycles. The van der Waals surface area contributed by atoms with Crippen molar-refractivity contribution in [2.45, 2.75) is 167 Å². The largest absolute Gasteiger partial charge is 0.444 e. The van der Waals surface area contributed by atoms with Crippen LogP contribution in [0.3, 0.4) is 0 Å². The van der Waals surface area contributed by atoms with Crippen LogP contribution in [0.25, 0.3) is 16.1 Å². The molecule has 2 atom stereocenters. The van der Waals surface area contributed by atoms with Crippen LogP contribution in [0.1, 0.15) is 83.8 Å². The van der Waals surface area contributed by atoms with Crippen molar-refractivity contribution in [3.8, 4) is 10.4 Å². The second kappa shape index (κ2) is 17.5. The third kappa shape index (κ3) is 11.5. The molecule has 2 fully saturated rings. The molecule has 3 aromatic heterocycles. The van der Waals surface area contributed by atoms with E-state index in [1.165, 1.54) is 0 Å². The van der Waals surface area contributed by atoms with Gasteiger partial charge in [0.2, 0.25) is 0 Å². The monoisotopic (exact) mass is 908 g/mol. The highest BCUT2D eigenvalue weighted by Gasteiger charge is 2.46. The Bertz CT molecular complexity index is 1780. The van der Waals surface area contributed by atoms with E-state index in [4.69, 9.17) is 33.7 Å². The number of piperidine rings is 1. The zero-order valence-corrected chi connectivity index (χ0v) is 42.1. The number of carbonyl (C=O) groups excluding carboxylic acids is 1. The highest BCUT2D eigenvalue weighted by molar-refractivity contribution is 9.10. The molecule has 5 heterocycles. The lowest BCUT2D eigenvalue weighted by Crippen LogP contribution is -2.48. The van der Waals surface area contributed by atoms with Gasteiger partial charge in [-0.2, -0.15) is 9.61 Å². The van der Waals surface area contributed by atoms with E-state index >= 15 is 0 Å². The third-order valence-electron chi connectivity index (χ3n) is 11.3. The first-order valence-electron chi connectivity index (χ1n) is 20.4. The number of carbonyl (C=O) groups is 1. The Morgan fingerprint density at radius 2 is 1.48 bits per heavy atom. The van der Waals surface area contributed by atoms with Gasteiger partial charge in [0, 0.05) is 53.6 Å². The van der Waals surface area contributed by atoms with Gasteiger partial charge in [-0.05, 0) is 92.6 Å². The van der Waals surface area contributed by atoms with Crippen LogP contribution in [0.4, 0.5) is 10.6 Å². The van der Waals surface area contributed by atoms with Crippen LogP contribution >= 0.6 is 27.3 Å². The van der Waals surface area contributed by atoms with Crippen molar-refractivity contribution in [3.63, 3.8) is 0 Å². The Hall–Kier alpha value is -1.67. The lowest BCUT2D eigenvalue weighted by Gasteiger charge is -2.39. The number of nitrogens with zero attached hydrogens (tertiary/aromatic N) is 6. The number of ether oxygens (including phenoxy) is 3. The summed E-state index contributed by atoms with van der Waals surface area (Å²) in [4.78, 5) is 28.9. The predicted octanol–water partition coefficient (Wildman–Crippen LogP) is 11.2. The highest BCUT2D eigenvalue weighted by Crippen LogP contribution is 2.47. The molecule has 16 heteroatoms. The second-order valence-corrected chi connectivity index (χ2v) is 38.7. The Labute approximate surface area is 351 Å². The molecule has 56 heavy (non-hydrogen) atoms. The smallest absolute Gasteiger partial charge is 0.410 e. The minimum Gasteiger partial charge on any atom is -0.444 e. The molecule has 0 saturated carbocycles. The Morgan fingerprint density at radius 1 is 0.911 bits per heavy atom. The van der Waals surface area contributed by atoms with Crippen LogP contribution in [0, 0.1) is 0 Å². The number of rotatable bonds is 16. The SMILES string of the molecule is CC(C)(C)OC(=O)N1C2CCC1CC(c1nc3c(-c4cnc(CO[Si](C)(C)C(C)(C)C)s4)cnn3c(N(COCC[Si](C)(C)C)COCC[Si](C)(C)C)c1Br)C2. The summed E-state index contributed by atoms with van der Waals surface area (Å²) in [6.45, 7) is 34.0. The number of hydrogen-bond acceptors (Lipinski definition) is 10. The van der Waals surface area contributed by atoms with E-state index in [1.54, 1.807) is 11.3 Å². The lowest BCUT2D eigenvalue weighted by atomic mass is 9.88. The molecule has 3 aromatic rings. The Kier molecular flexibility index (Phi) is 14.2. The number of anilines is 1. The summed E-state index contributed by atoms with van der Waals surface area (Å²) in [5.41, 5.74) is 2.15. The van der Waals surface area contributed by atoms with Gasteiger partial charge in [0.1, 0.15) is 24.1 Å². The van der Waals surface area contributed by atoms with Gasteiger partial charge in [-0.1, -0.05) is 60.1 Å². The average molecular weight is 910 g/mol. The van der Waals surface area contributed by atoms with Crippen LogP contribution < -0.4 is 4.90 Å². The molecule has 2 aliphatic rings. The molecule has 2 unspecified atom stereocenters. The Balaban J connectivity index is 1.54. The van der Waals surface area contributed by atoms with Crippen molar-refractivity contribution in [1.82, 2.24) is 24.5 Å². The first-order valence-corrected chi connectivity index (χ1v) is 32.3. The molecule has 1 amide bonds. The molecule has 0 aliphatic carbocycles. The number of thiazole rings is 1. The van der Waals surface area contributed by atoms with Crippen LogP contribution in [-0.4, -0.2) is 99.4 Å². The van der Waals surface area contributed by atoms with E-state index in [0.29, 0.717) is 33.3 Å². The van der Waals surface area contributed by atoms with Crippen molar-refractivity contribution < 1.29 is 23.4 Å². The fraction of sp³-hybridized carbons (Fsp3) is 0.750. The zero-order chi connectivity index (χ0) is 41.4. The fourth-order valence-corrected chi connectivity index (χ4v) is 11.1. The molecule has 2 aliphatic heterocycles. The van der Waals surface area contributed by atoms with Gasteiger partial charge in [-0.25, -0.2) is 14.8 Å². The minimum absolute atomic E-state index is 0.0993. The zero-order valence-electron chi connectivity index (χ0n) is 36.7. The van der Waals surface area contributed by atoms with Gasteiger partial charge in [-0.15, -0.1) is 11.3 Å². The normalized spacial score (nSPS) is 19.6. The minimum atomic E-state index is -1.95. The van der Waals surface area contributed by atoms with E-state index in [-0.39, 0.29) is 29.1 Å². The van der Waals surface area contributed by atoms with Gasteiger partial charge in [0.25, 0.3) is 0 Å². The number of aromatic nitrogens is 4. The van der Waals surface area contributed by atoms with Crippen LogP contribution in [-0.2, 0) is 25.2 Å². The number of amides is 1. The van der Waals surface area contributed by atoms with Crippen molar-refractivity contribution in [2.75, 3.05) is 31.6 Å². The van der Waals surface area contributed by atoms with Crippen LogP contribution in [0.2, 0.25) is 69.5 Å². The van der Waals surface area contributed by atoms with E-state index in [2.05, 4.69) is 94.0 Å². The second-order valence-electron chi connectivity index (χ2n) is 20.8. The van der Waals surface area contributed by atoms with Gasteiger partial charge in [0.15, 0.2) is 19.8 Å². The van der Waals surface area contributed by atoms with E-state index in [0.717, 1.165) is 74.9 Å². The number of hydrogen-bond donors (Lipinski definition) is 0. The molecule has 0 aromatic carbocycles. The van der Waals surface area contributed by atoms with Gasteiger partial charge < -0.3 is 28.4 Å². The number of fused-ring (bicyclic) bond motifs is 3. The van der Waals surface area contributed by atoms with Crippen molar-refractivity contribution >= 4 is 69.3 Å². The predicted molar refractivity (Wildman–Crippen MR) is 241 cm³/mol. The molecule has 2 bridgehead atoms. The fourth-order valence-electron chi connectivity index (χ4n) is 6.93. The summed E-state index contributed by atoms with van der Waals surface area (Å²) in [6.07, 6.45) is 7.21. The van der Waals surface area contributed by atoms with Gasteiger partial charge >= 0.3 is 6.09 Å². The quantitative estimate of drug-likeness (QED) is 0.0789.